The Morgan fingerprint density at radius 3 is 2.41 bits per heavy atom. The molecule has 0 aliphatic carbocycles. The number of carbonyl (C=O) groups excluding carboxylic acids is 1. The molecule has 2 aliphatic rings. The Morgan fingerprint density at radius 2 is 1.69 bits per heavy atom. The molecule has 3 nitrogen and oxygen atoms in total. The minimum Gasteiger partial charge on any atom is -0.497 e. The van der Waals surface area contributed by atoms with E-state index in [9.17, 15) is 4.79 Å². The average molecular weight is 422 g/mol. The van der Waals surface area contributed by atoms with Gasteiger partial charge in [-0.1, -0.05) is 54.6 Å². The van der Waals surface area contributed by atoms with Crippen LogP contribution in [-0.2, 0) is 10.3 Å². The van der Waals surface area contributed by atoms with Crippen LogP contribution >= 0.6 is 23.4 Å². The number of ether oxygens (including phenoxy) is 1. The number of benzene rings is 3. The zero-order chi connectivity index (χ0) is 20.0. The lowest BCUT2D eigenvalue weighted by molar-refractivity contribution is -0.127. The van der Waals surface area contributed by atoms with Gasteiger partial charge in [-0.3, -0.25) is 9.69 Å². The van der Waals surface area contributed by atoms with E-state index in [0.717, 1.165) is 28.3 Å². The minimum absolute atomic E-state index is 0.0377. The van der Waals surface area contributed by atoms with Crippen molar-refractivity contribution in [1.82, 2.24) is 0 Å². The predicted molar refractivity (Wildman–Crippen MR) is 118 cm³/mol. The second-order valence-corrected chi connectivity index (χ2v) is 9.06. The molecule has 0 saturated carbocycles. The fraction of sp³-hybridized carbons (Fsp3) is 0.208. The summed E-state index contributed by atoms with van der Waals surface area (Å²) in [4.78, 5) is 16.0. The fourth-order valence-electron chi connectivity index (χ4n) is 4.44. The van der Waals surface area contributed by atoms with Gasteiger partial charge in [-0.2, -0.15) is 0 Å². The van der Waals surface area contributed by atoms with Crippen LogP contribution in [0.15, 0.2) is 83.8 Å². The van der Waals surface area contributed by atoms with Crippen LogP contribution in [-0.4, -0.2) is 18.4 Å². The van der Waals surface area contributed by atoms with Crippen molar-refractivity contribution in [2.75, 3.05) is 12.0 Å². The van der Waals surface area contributed by atoms with Crippen molar-refractivity contribution in [2.45, 2.75) is 27.5 Å². The number of alkyl halides is 1. The van der Waals surface area contributed by atoms with Crippen molar-refractivity contribution >= 4 is 35.0 Å². The second kappa shape index (κ2) is 7.12. The van der Waals surface area contributed by atoms with Crippen molar-refractivity contribution in [2.24, 2.45) is 0 Å². The average Bonchev–Trinajstić information content (AvgIpc) is 2.92. The Morgan fingerprint density at radius 1 is 1.00 bits per heavy atom. The monoisotopic (exact) mass is 421 g/mol. The molecule has 0 spiro atoms. The Bertz CT molecular complexity index is 1060. The first-order chi connectivity index (χ1) is 14.1. The summed E-state index contributed by atoms with van der Waals surface area (Å²) in [5.74, 6) is 0.751. The molecule has 0 radical (unpaired) electrons. The Kier molecular flexibility index (Phi) is 4.56. The van der Waals surface area contributed by atoms with Gasteiger partial charge < -0.3 is 4.74 Å². The molecule has 3 unspecified atom stereocenters. The molecule has 146 valence electrons. The number of para-hydroxylation sites is 1. The number of carbonyl (C=O) groups is 1. The molecule has 2 heterocycles. The fourth-order valence-corrected chi connectivity index (χ4v) is 6.22. The van der Waals surface area contributed by atoms with Crippen LogP contribution in [0.3, 0.4) is 0 Å². The summed E-state index contributed by atoms with van der Waals surface area (Å²) in [6, 6.07) is 26.5. The van der Waals surface area contributed by atoms with Crippen molar-refractivity contribution in [3.8, 4) is 5.75 Å². The summed E-state index contributed by atoms with van der Waals surface area (Å²) in [6.07, 6.45) is 0.739. The van der Waals surface area contributed by atoms with Crippen molar-refractivity contribution in [3.63, 3.8) is 0 Å². The van der Waals surface area contributed by atoms with Crippen molar-refractivity contribution in [1.29, 1.82) is 0 Å². The molecule has 0 aromatic heterocycles. The number of thioether (sulfide) groups is 1. The lowest BCUT2D eigenvalue weighted by Gasteiger charge is -2.55. The number of methoxy groups -OCH3 is 1. The molecule has 0 bridgehead atoms. The van der Waals surface area contributed by atoms with Gasteiger partial charge in [0.2, 0.25) is 5.91 Å². The molecule has 0 N–H and O–H groups in total. The first-order valence-corrected chi connectivity index (χ1v) is 10.9. The molecule has 1 fully saturated rings. The largest absolute Gasteiger partial charge is 0.497 e. The second-order valence-electron chi connectivity index (χ2n) is 7.38. The number of halogens is 1. The highest BCUT2D eigenvalue weighted by atomic mass is 35.5. The number of anilines is 1. The Labute approximate surface area is 179 Å². The number of rotatable bonds is 3. The van der Waals surface area contributed by atoms with Crippen LogP contribution < -0.4 is 9.64 Å². The van der Waals surface area contributed by atoms with Gasteiger partial charge in [0, 0.05) is 10.1 Å². The van der Waals surface area contributed by atoms with Crippen LogP contribution in [0, 0.1) is 0 Å². The van der Waals surface area contributed by atoms with E-state index in [1.165, 1.54) is 5.56 Å². The maximum Gasteiger partial charge on any atom is 0.248 e. The maximum atomic E-state index is 13.0. The van der Waals surface area contributed by atoms with Crippen LogP contribution in [0.4, 0.5) is 5.69 Å². The molecule has 1 saturated heterocycles. The summed E-state index contributed by atoms with van der Waals surface area (Å²) < 4.78 is 5.34. The summed E-state index contributed by atoms with van der Waals surface area (Å²) in [6.45, 7) is 0. The van der Waals surface area contributed by atoms with E-state index in [-0.39, 0.29) is 11.2 Å². The summed E-state index contributed by atoms with van der Waals surface area (Å²) in [5, 5.41) is -0.423. The normalized spacial score (nSPS) is 25.4. The third-order valence-electron chi connectivity index (χ3n) is 5.89. The first-order valence-electron chi connectivity index (χ1n) is 9.58. The summed E-state index contributed by atoms with van der Waals surface area (Å²) in [5.41, 5.74) is 2.63. The van der Waals surface area contributed by atoms with Gasteiger partial charge in [0.25, 0.3) is 0 Å². The van der Waals surface area contributed by atoms with Crippen LogP contribution in [0.5, 0.6) is 5.75 Å². The van der Waals surface area contributed by atoms with Crippen molar-refractivity contribution in [3.05, 3.63) is 90.0 Å². The molecule has 29 heavy (non-hydrogen) atoms. The van der Waals surface area contributed by atoms with Gasteiger partial charge in [-0.05, 0) is 41.8 Å². The molecular formula is C24H20ClNO2S. The van der Waals surface area contributed by atoms with Crippen LogP contribution in [0.1, 0.15) is 22.8 Å². The number of hydrogen-bond acceptors (Lipinski definition) is 3. The summed E-state index contributed by atoms with van der Waals surface area (Å²) in [7, 11) is 1.65. The molecule has 3 aromatic carbocycles. The number of amides is 1. The highest BCUT2D eigenvalue weighted by Gasteiger charge is 2.63. The number of fused-ring (bicyclic) bond motifs is 3. The molecule has 1 amide bonds. The Balaban J connectivity index is 1.70. The number of β-lactam (4-membered cyclic amide) rings is 1. The van der Waals surface area contributed by atoms with E-state index in [0.29, 0.717) is 0 Å². The van der Waals surface area contributed by atoms with Gasteiger partial charge in [-0.25, -0.2) is 0 Å². The highest BCUT2D eigenvalue weighted by Crippen LogP contribution is 2.60. The molecule has 5 rings (SSSR count). The highest BCUT2D eigenvalue weighted by molar-refractivity contribution is 7.99. The van der Waals surface area contributed by atoms with Gasteiger partial charge in [0.15, 0.2) is 0 Å². The molecular weight excluding hydrogens is 402 g/mol. The van der Waals surface area contributed by atoms with Crippen LogP contribution in [0.2, 0.25) is 0 Å². The molecule has 3 aromatic rings. The summed E-state index contributed by atoms with van der Waals surface area (Å²) >= 11 is 8.60. The van der Waals surface area contributed by atoms with E-state index in [1.807, 2.05) is 53.4 Å². The zero-order valence-electron chi connectivity index (χ0n) is 15.9. The quantitative estimate of drug-likeness (QED) is 0.396. The van der Waals surface area contributed by atoms with E-state index in [2.05, 4.69) is 30.3 Å². The Hall–Kier alpha value is -2.43. The van der Waals surface area contributed by atoms with Gasteiger partial charge in [0.1, 0.15) is 11.1 Å². The number of hydrogen-bond donors (Lipinski definition) is 0. The first kappa shape index (κ1) is 18.6. The smallest absolute Gasteiger partial charge is 0.248 e. The van der Waals surface area contributed by atoms with E-state index in [4.69, 9.17) is 16.3 Å². The SMILES string of the molecule is COc1ccc(C23CC(c4ccccc4)Sc4ccccc4N2C(=O)C3Cl)cc1. The van der Waals surface area contributed by atoms with Gasteiger partial charge >= 0.3 is 0 Å². The molecule has 3 atom stereocenters. The third kappa shape index (κ3) is 2.77. The van der Waals surface area contributed by atoms with Gasteiger partial charge in [-0.15, -0.1) is 23.4 Å². The topological polar surface area (TPSA) is 29.5 Å². The lowest BCUT2D eigenvalue weighted by atomic mass is 9.72. The minimum atomic E-state index is -0.603. The van der Waals surface area contributed by atoms with Gasteiger partial charge in [0.05, 0.1) is 18.3 Å². The van der Waals surface area contributed by atoms with E-state index >= 15 is 0 Å². The van der Waals surface area contributed by atoms with Crippen molar-refractivity contribution < 1.29 is 9.53 Å². The molecule has 5 heteroatoms. The lowest BCUT2D eigenvalue weighted by Crippen LogP contribution is -2.70. The third-order valence-corrected chi connectivity index (χ3v) is 7.76. The van der Waals surface area contributed by atoms with E-state index < -0.39 is 10.9 Å². The molecule has 2 aliphatic heterocycles. The van der Waals surface area contributed by atoms with Crippen LogP contribution in [0.25, 0.3) is 0 Å². The zero-order valence-corrected chi connectivity index (χ0v) is 17.5. The standard InChI is InChI=1S/C24H20ClNO2S/c1-28-18-13-11-17(12-14-18)24-15-21(16-7-3-2-4-8-16)29-20-10-6-5-9-19(20)26(24)23(27)22(24)25/h2-14,21-22H,15H2,1H3. The van der Waals surface area contributed by atoms with E-state index in [1.54, 1.807) is 18.9 Å². The predicted octanol–water partition coefficient (Wildman–Crippen LogP) is 5.78. The number of nitrogens with zero attached hydrogens (tertiary/aromatic N) is 1. The maximum absolute atomic E-state index is 13.0.